The second-order valence-corrected chi connectivity index (χ2v) is 6.12. The van der Waals surface area contributed by atoms with Gasteiger partial charge < -0.3 is 5.73 Å². The fraction of sp³-hybridized carbons (Fsp3) is 0.300. The molecular weight excluding hydrogens is 299 g/mol. The Morgan fingerprint density at radius 2 is 1.94 bits per heavy atom. The molecule has 0 aromatic heterocycles. The highest BCUT2D eigenvalue weighted by atomic mass is 35.5. The Hall–Kier alpha value is -0.820. The summed E-state index contributed by atoms with van der Waals surface area (Å²) in [5.41, 5.74) is 4.94. The van der Waals surface area contributed by atoms with E-state index >= 15 is 0 Å². The summed E-state index contributed by atoms with van der Waals surface area (Å²) in [4.78, 5) is 10.5. The molecule has 0 saturated carbocycles. The first kappa shape index (κ1) is 15.2. The summed E-state index contributed by atoms with van der Waals surface area (Å²) in [7, 11) is -3.64. The van der Waals surface area contributed by atoms with Crippen LogP contribution in [-0.2, 0) is 14.8 Å². The minimum absolute atomic E-state index is 0.0241. The van der Waals surface area contributed by atoms with Gasteiger partial charge in [0.25, 0.3) is 0 Å². The Bertz CT molecular complexity index is 546. The Morgan fingerprint density at radius 3 is 2.50 bits per heavy atom. The second-order valence-electron chi connectivity index (χ2n) is 3.54. The molecule has 3 N–H and O–H groups in total. The van der Waals surface area contributed by atoms with E-state index in [4.69, 9.17) is 28.9 Å². The number of nitrogens with two attached hydrogens (primary N) is 1. The Kier molecular flexibility index (Phi) is 5.40. The number of hydrogen-bond acceptors (Lipinski definition) is 3. The maximum absolute atomic E-state index is 11.8. The van der Waals surface area contributed by atoms with Gasteiger partial charge in [0.1, 0.15) is 0 Å². The summed E-state index contributed by atoms with van der Waals surface area (Å²) in [6.45, 7) is 0.130. The van der Waals surface area contributed by atoms with Gasteiger partial charge in [0.2, 0.25) is 15.9 Å². The van der Waals surface area contributed by atoms with Gasteiger partial charge in [0.05, 0.1) is 14.9 Å². The molecule has 1 amide bonds. The number of amides is 1. The number of rotatable bonds is 6. The molecule has 0 heterocycles. The van der Waals surface area contributed by atoms with Crippen molar-refractivity contribution in [3.8, 4) is 0 Å². The lowest BCUT2D eigenvalue weighted by atomic mass is 10.3. The maximum atomic E-state index is 11.8. The number of sulfonamides is 1. The molecule has 0 aliphatic rings. The van der Waals surface area contributed by atoms with Crippen molar-refractivity contribution in [2.75, 3.05) is 6.54 Å². The van der Waals surface area contributed by atoms with Crippen molar-refractivity contribution in [3.05, 3.63) is 28.2 Å². The average Bonchev–Trinajstić information content (AvgIpc) is 2.28. The molecule has 0 unspecified atom stereocenters. The van der Waals surface area contributed by atoms with Crippen LogP contribution in [0.15, 0.2) is 23.1 Å². The Balaban J connectivity index is 2.68. The summed E-state index contributed by atoms with van der Waals surface area (Å²) in [5, 5.41) is 0.445. The van der Waals surface area contributed by atoms with Crippen molar-refractivity contribution >= 4 is 39.1 Å². The van der Waals surface area contributed by atoms with Crippen LogP contribution >= 0.6 is 23.2 Å². The molecule has 0 bridgehead atoms. The van der Waals surface area contributed by atoms with Gasteiger partial charge in [-0.3, -0.25) is 4.79 Å². The van der Waals surface area contributed by atoms with E-state index in [1.54, 1.807) is 0 Å². The van der Waals surface area contributed by atoms with E-state index in [1.807, 2.05) is 0 Å². The van der Waals surface area contributed by atoms with Crippen LogP contribution in [0, 0.1) is 0 Å². The molecule has 1 rings (SSSR count). The molecule has 8 heteroatoms. The van der Waals surface area contributed by atoms with E-state index < -0.39 is 15.9 Å². The first-order valence-electron chi connectivity index (χ1n) is 5.06. The average molecular weight is 311 g/mol. The van der Waals surface area contributed by atoms with E-state index in [1.165, 1.54) is 18.2 Å². The van der Waals surface area contributed by atoms with Crippen LogP contribution in [-0.4, -0.2) is 20.9 Å². The van der Waals surface area contributed by atoms with Gasteiger partial charge in [-0.05, 0) is 24.6 Å². The third-order valence-electron chi connectivity index (χ3n) is 2.09. The van der Waals surface area contributed by atoms with Crippen LogP contribution in [0.3, 0.4) is 0 Å². The first-order chi connectivity index (χ1) is 8.33. The van der Waals surface area contributed by atoms with Gasteiger partial charge in [-0.2, -0.15) is 0 Å². The Labute approximate surface area is 115 Å². The lowest BCUT2D eigenvalue weighted by Gasteiger charge is -2.07. The minimum atomic E-state index is -3.64. The molecule has 1 aromatic rings. The number of primary amides is 1. The largest absolute Gasteiger partial charge is 0.370 e. The molecule has 0 atom stereocenters. The third kappa shape index (κ3) is 4.45. The molecule has 0 saturated heterocycles. The highest BCUT2D eigenvalue weighted by molar-refractivity contribution is 7.89. The van der Waals surface area contributed by atoms with E-state index in [9.17, 15) is 13.2 Å². The number of carbonyl (C=O) groups is 1. The predicted molar refractivity (Wildman–Crippen MR) is 70.1 cm³/mol. The van der Waals surface area contributed by atoms with Crippen LogP contribution in [0.25, 0.3) is 0 Å². The molecule has 18 heavy (non-hydrogen) atoms. The zero-order valence-electron chi connectivity index (χ0n) is 9.32. The Morgan fingerprint density at radius 1 is 1.28 bits per heavy atom. The molecule has 0 radical (unpaired) electrons. The summed E-state index contributed by atoms with van der Waals surface area (Å²) in [6, 6.07) is 4.02. The van der Waals surface area contributed by atoms with Crippen molar-refractivity contribution in [2.24, 2.45) is 5.73 Å². The van der Waals surface area contributed by atoms with Crippen LogP contribution in [0.5, 0.6) is 0 Å². The van der Waals surface area contributed by atoms with E-state index in [2.05, 4.69) is 4.72 Å². The second kappa shape index (κ2) is 6.38. The van der Waals surface area contributed by atoms with Crippen molar-refractivity contribution in [3.63, 3.8) is 0 Å². The molecule has 5 nitrogen and oxygen atoms in total. The van der Waals surface area contributed by atoms with Gasteiger partial charge in [-0.1, -0.05) is 23.2 Å². The molecule has 0 aliphatic carbocycles. The van der Waals surface area contributed by atoms with Gasteiger partial charge in [0.15, 0.2) is 0 Å². The first-order valence-corrected chi connectivity index (χ1v) is 7.30. The van der Waals surface area contributed by atoms with Crippen LogP contribution in [0.1, 0.15) is 12.8 Å². The molecule has 0 spiro atoms. The lowest BCUT2D eigenvalue weighted by Crippen LogP contribution is -2.25. The summed E-state index contributed by atoms with van der Waals surface area (Å²) in [6.07, 6.45) is 0.472. The van der Waals surface area contributed by atoms with Gasteiger partial charge in [0, 0.05) is 13.0 Å². The van der Waals surface area contributed by atoms with E-state index in [0.29, 0.717) is 6.42 Å². The molecule has 0 aliphatic heterocycles. The van der Waals surface area contributed by atoms with Gasteiger partial charge in [-0.15, -0.1) is 0 Å². The fourth-order valence-corrected chi connectivity index (χ4v) is 2.66. The standard InChI is InChI=1S/C10H12Cl2N2O3S/c11-8-4-3-7(6-9(8)12)18(16,17)14-5-1-2-10(13)15/h3-4,6,14H,1-2,5H2,(H2,13,15). The SMILES string of the molecule is NC(=O)CCCNS(=O)(=O)c1ccc(Cl)c(Cl)c1. The van der Waals surface area contributed by atoms with Crippen molar-refractivity contribution in [2.45, 2.75) is 17.7 Å². The van der Waals surface area contributed by atoms with Crippen molar-refractivity contribution in [1.29, 1.82) is 0 Å². The zero-order valence-corrected chi connectivity index (χ0v) is 11.6. The van der Waals surface area contributed by atoms with Gasteiger partial charge >= 0.3 is 0 Å². The molecular formula is C10H12Cl2N2O3S. The molecule has 0 fully saturated rings. The minimum Gasteiger partial charge on any atom is -0.370 e. The van der Waals surface area contributed by atoms with Crippen molar-refractivity contribution < 1.29 is 13.2 Å². The topological polar surface area (TPSA) is 89.3 Å². The monoisotopic (exact) mass is 310 g/mol. The van der Waals surface area contributed by atoms with Crippen LogP contribution in [0.2, 0.25) is 10.0 Å². The van der Waals surface area contributed by atoms with E-state index in [-0.39, 0.29) is 27.9 Å². The number of halogens is 2. The number of nitrogens with one attached hydrogen (secondary N) is 1. The highest BCUT2D eigenvalue weighted by Gasteiger charge is 2.14. The van der Waals surface area contributed by atoms with Gasteiger partial charge in [-0.25, -0.2) is 13.1 Å². The highest BCUT2D eigenvalue weighted by Crippen LogP contribution is 2.24. The normalized spacial score (nSPS) is 11.4. The quantitative estimate of drug-likeness (QED) is 0.781. The lowest BCUT2D eigenvalue weighted by molar-refractivity contribution is -0.118. The van der Waals surface area contributed by atoms with E-state index in [0.717, 1.165) is 0 Å². The summed E-state index contributed by atoms with van der Waals surface area (Å²) < 4.78 is 26.0. The summed E-state index contributed by atoms with van der Waals surface area (Å²) in [5.74, 6) is -0.469. The number of carbonyl (C=O) groups excluding carboxylic acids is 1. The molecule has 1 aromatic carbocycles. The smallest absolute Gasteiger partial charge is 0.240 e. The van der Waals surface area contributed by atoms with Crippen LogP contribution < -0.4 is 10.5 Å². The maximum Gasteiger partial charge on any atom is 0.240 e. The number of hydrogen-bond donors (Lipinski definition) is 2. The van der Waals surface area contributed by atoms with Crippen molar-refractivity contribution in [1.82, 2.24) is 4.72 Å². The van der Waals surface area contributed by atoms with Crippen LogP contribution in [0.4, 0.5) is 0 Å². The predicted octanol–water partition coefficient (Wildman–Crippen LogP) is 1.54. The third-order valence-corrected chi connectivity index (χ3v) is 4.29. The fourth-order valence-electron chi connectivity index (χ4n) is 1.20. The number of benzene rings is 1. The summed E-state index contributed by atoms with van der Waals surface area (Å²) >= 11 is 11.4. The molecule has 100 valence electrons. The zero-order chi connectivity index (χ0) is 13.8.